The summed E-state index contributed by atoms with van der Waals surface area (Å²) < 4.78 is 31.3. The van der Waals surface area contributed by atoms with Crippen LogP contribution in [-0.4, -0.2) is 70.5 Å². The standard InChI is InChI=1S/C10H16O13P2/c1-10(9(14)15,24(16,17)18)22-5-2-4(8(12)13)3-6(7(5)11)23-25(19,20)21/h3,5-7,11H,2H2,1H3,(H,12,13)(H,14,15)(H2,16,17,18)(H2,19,20,21)/t5-,6-,7+,10-/m1/s1. The highest BCUT2D eigenvalue weighted by molar-refractivity contribution is 7.54. The minimum absolute atomic E-state index is 0.514. The Morgan fingerprint density at radius 1 is 1.20 bits per heavy atom. The van der Waals surface area contributed by atoms with Crippen molar-refractivity contribution in [2.24, 2.45) is 0 Å². The summed E-state index contributed by atoms with van der Waals surface area (Å²) in [4.78, 5) is 58.2. The minimum Gasteiger partial charge on any atom is -0.479 e. The molecule has 0 aromatic rings. The Kier molecular flexibility index (Phi) is 6.34. The van der Waals surface area contributed by atoms with E-state index in [1.165, 1.54) is 0 Å². The van der Waals surface area contributed by atoms with Gasteiger partial charge in [-0.3, -0.25) is 9.09 Å². The van der Waals surface area contributed by atoms with Crippen LogP contribution in [0, 0.1) is 0 Å². The molecule has 0 aromatic heterocycles. The number of ether oxygens (including phenoxy) is 1. The molecule has 13 nitrogen and oxygen atoms in total. The molecule has 0 aliphatic heterocycles. The Morgan fingerprint density at radius 3 is 2.08 bits per heavy atom. The van der Waals surface area contributed by atoms with Crippen molar-refractivity contribution in [2.45, 2.75) is 37.0 Å². The van der Waals surface area contributed by atoms with Crippen LogP contribution >= 0.6 is 15.4 Å². The van der Waals surface area contributed by atoms with Crippen LogP contribution in [0.2, 0.25) is 0 Å². The van der Waals surface area contributed by atoms with Crippen LogP contribution in [0.15, 0.2) is 11.6 Å². The van der Waals surface area contributed by atoms with Gasteiger partial charge in [0, 0.05) is 12.0 Å². The third-order valence-electron chi connectivity index (χ3n) is 3.37. The van der Waals surface area contributed by atoms with Crippen LogP contribution in [0.4, 0.5) is 0 Å². The maximum absolute atomic E-state index is 11.4. The molecule has 0 bridgehead atoms. The fourth-order valence-corrected chi connectivity index (χ4v) is 3.00. The van der Waals surface area contributed by atoms with Gasteiger partial charge in [0.25, 0.3) is 5.34 Å². The van der Waals surface area contributed by atoms with Gasteiger partial charge in [-0.15, -0.1) is 0 Å². The highest BCUT2D eigenvalue weighted by Crippen LogP contribution is 2.53. The van der Waals surface area contributed by atoms with E-state index in [0.29, 0.717) is 13.0 Å². The third-order valence-corrected chi connectivity index (χ3v) is 5.30. The number of phosphoric ester groups is 1. The highest BCUT2D eigenvalue weighted by Gasteiger charge is 2.54. The SMILES string of the molecule is C[C@](O[C@@H]1CC(C(=O)O)=C[C@@H](OP(=O)(O)O)[C@H]1O)(C(=O)O)P(=O)(O)O. The maximum atomic E-state index is 11.4. The van der Waals surface area contributed by atoms with E-state index in [1.807, 2.05) is 0 Å². The molecule has 0 heterocycles. The molecule has 4 atom stereocenters. The van der Waals surface area contributed by atoms with Gasteiger partial charge < -0.3 is 39.6 Å². The lowest BCUT2D eigenvalue weighted by Gasteiger charge is -2.37. The number of phosphoric acid groups is 1. The van der Waals surface area contributed by atoms with E-state index in [1.54, 1.807) is 0 Å². The smallest absolute Gasteiger partial charge is 0.470 e. The van der Waals surface area contributed by atoms with Gasteiger partial charge in [-0.1, -0.05) is 0 Å². The average Bonchev–Trinajstić information content (AvgIpc) is 2.39. The normalized spacial score (nSPS) is 27.3. The molecule has 0 fully saturated rings. The summed E-state index contributed by atoms with van der Waals surface area (Å²) in [5, 5.41) is 24.9. The minimum atomic E-state index is -5.44. The maximum Gasteiger partial charge on any atom is 0.470 e. The largest absolute Gasteiger partial charge is 0.479 e. The number of carboxylic acids is 2. The highest BCUT2D eigenvalue weighted by atomic mass is 31.2. The van der Waals surface area contributed by atoms with E-state index in [0.717, 1.165) is 0 Å². The van der Waals surface area contributed by atoms with Crippen molar-refractivity contribution in [3.8, 4) is 0 Å². The number of carboxylic acid groups (broad SMARTS) is 2. The van der Waals surface area contributed by atoms with Gasteiger partial charge in [0.2, 0.25) is 0 Å². The number of hydrogen-bond donors (Lipinski definition) is 7. The summed E-state index contributed by atoms with van der Waals surface area (Å²) in [6.45, 7) is 0.514. The number of rotatable bonds is 7. The van der Waals surface area contributed by atoms with Crippen LogP contribution in [0.5, 0.6) is 0 Å². The zero-order valence-electron chi connectivity index (χ0n) is 12.5. The van der Waals surface area contributed by atoms with Crippen LogP contribution in [0.25, 0.3) is 0 Å². The van der Waals surface area contributed by atoms with E-state index in [-0.39, 0.29) is 0 Å². The molecule has 25 heavy (non-hydrogen) atoms. The molecule has 144 valence electrons. The van der Waals surface area contributed by atoms with Crippen molar-refractivity contribution in [1.82, 2.24) is 0 Å². The zero-order valence-corrected chi connectivity index (χ0v) is 14.3. The molecule has 7 N–H and O–H groups in total. The number of carbonyl (C=O) groups is 2. The first-order chi connectivity index (χ1) is 11.1. The Hall–Kier alpha value is -1.14. The lowest BCUT2D eigenvalue weighted by molar-refractivity contribution is -0.171. The van der Waals surface area contributed by atoms with E-state index in [4.69, 9.17) is 24.7 Å². The molecule has 0 amide bonds. The Balaban J connectivity index is 3.25. The summed E-state index contributed by atoms with van der Waals surface area (Å²) in [5.74, 6) is -3.68. The van der Waals surface area contributed by atoms with Crippen molar-refractivity contribution in [3.63, 3.8) is 0 Å². The molecule has 0 saturated heterocycles. The quantitative estimate of drug-likeness (QED) is 0.242. The fraction of sp³-hybridized carbons (Fsp3) is 0.600. The predicted molar refractivity (Wildman–Crippen MR) is 76.2 cm³/mol. The molecule has 0 aromatic carbocycles. The van der Waals surface area contributed by atoms with Gasteiger partial charge in [-0.05, 0) is 13.0 Å². The van der Waals surface area contributed by atoms with Gasteiger partial charge in [-0.25, -0.2) is 14.2 Å². The van der Waals surface area contributed by atoms with Gasteiger partial charge >= 0.3 is 27.4 Å². The Labute approximate surface area is 139 Å². The van der Waals surface area contributed by atoms with Crippen molar-refractivity contribution in [1.29, 1.82) is 0 Å². The third kappa shape index (κ3) is 5.17. The molecule has 1 aliphatic carbocycles. The fourth-order valence-electron chi connectivity index (χ4n) is 1.97. The Bertz CT molecular complexity index is 674. The Morgan fingerprint density at radius 2 is 1.72 bits per heavy atom. The average molecular weight is 406 g/mol. The summed E-state index contributed by atoms with van der Waals surface area (Å²) in [5.41, 5.74) is -0.563. The molecule has 1 aliphatic rings. The number of aliphatic hydroxyl groups is 1. The van der Waals surface area contributed by atoms with Crippen molar-refractivity contribution >= 4 is 27.4 Å². The first-order valence-electron chi connectivity index (χ1n) is 6.41. The molecule has 0 spiro atoms. The molecular weight excluding hydrogens is 390 g/mol. The van der Waals surface area contributed by atoms with E-state index >= 15 is 0 Å². The van der Waals surface area contributed by atoms with Crippen LogP contribution in [0.1, 0.15) is 13.3 Å². The number of aliphatic carboxylic acids is 2. The van der Waals surface area contributed by atoms with Gasteiger partial charge in [-0.2, -0.15) is 0 Å². The lowest BCUT2D eigenvalue weighted by atomic mass is 9.92. The second-order valence-corrected chi connectivity index (χ2v) is 8.37. The second-order valence-electron chi connectivity index (χ2n) is 5.24. The van der Waals surface area contributed by atoms with Gasteiger partial charge in [0.05, 0.1) is 6.10 Å². The van der Waals surface area contributed by atoms with E-state index in [2.05, 4.69) is 4.52 Å². The molecule has 0 saturated carbocycles. The summed E-state index contributed by atoms with van der Waals surface area (Å²) in [6.07, 6.45) is -5.79. The zero-order chi connectivity index (χ0) is 19.8. The topological polar surface area (TPSA) is 228 Å². The van der Waals surface area contributed by atoms with Crippen molar-refractivity contribution < 1.29 is 62.9 Å². The summed E-state index contributed by atoms with van der Waals surface area (Å²) in [7, 11) is -10.6. The van der Waals surface area contributed by atoms with Crippen molar-refractivity contribution in [2.75, 3.05) is 0 Å². The molecule has 1 rings (SSSR count). The molecule has 0 unspecified atom stereocenters. The monoisotopic (exact) mass is 406 g/mol. The van der Waals surface area contributed by atoms with Gasteiger partial charge in [0.1, 0.15) is 12.2 Å². The van der Waals surface area contributed by atoms with E-state index < -0.39 is 63.0 Å². The van der Waals surface area contributed by atoms with E-state index in [9.17, 15) is 33.6 Å². The first-order valence-corrected chi connectivity index (χ1v) is 9.55. The summed E-state index contributed by atoms with van der Waals surface area (Å²) >= 11 is 0. The predicted octanol–water partition coefficient (Wildman–Crippen LogP) is -1.40. The molecular formula is C10H16O13P2. The number of aliphatic hydroxyl groups excluding tert-OH is 1. The van der Waals surface area contributed by atoms with Crippen LogP contribution in [0.3, 0.4) is 0 Å². The number of hydrogen-bond acceptors (Lipinski definition) is 7. The first kappa shape index (κ1) is 21.9. The van der Waals surface area contributed by atoms with Gasteiger partial charge in [0.15, 0.2) is 0 Å². The molecule has 0 radical (unpaired) electrons. The summed E-state index contributed by atoms with van der Waals surface area (Å²) in [6, 6.07) is 0. The second kappa shape index (κ2) is 7.23. The van der Waals surface area contributed by atoms with Crippen LogP contribution < -0.4 is 0 Å². The van der Waals surface area contributed by atoms with Crippen LogP contribution in [-0.2, 0) is 28.0 Å². The molecule has 15 heteroatoms. The van der Waals surface area contributed by atoms with Crippen molar-refractivity contribution in [3.05, 3.63) is 11.6 Å². The lowest BCUT2D eigenvalue weighted by Crippen LogP contribution is -2.50.